The first-order chi connectivity index (χ1) is 19.7. The van der Waals surface area contributed by atoms with Crippen molar-refractivity contribution in [2.75, 3.05) is 11.9 Å². The van der Waals surface area contributed by atoms with Crippen LogP contribution in [0, 0.1) is 0 Å². The second-order valence-corrected chi connectivity index (χ2v) is 10.9. The zero-order valence-electron chi connectivity index (χ0n) is 22.3. The molecule has 2 amide bonds. The summed E-state index contributed by atoms with van der Waals surface area (Å²) in [5.41, 5.74) is 2.44. The summed E-state index contributed by atoms with van der Waals surface area (Å²) >= 11 is 11.8. The van der Waals surface area contributed by atoms with Gasteiger partial charge in [-0.2, -0.15) is 5.10 Å². The minimum atomic E-state index is -0.386. The first-order valence-corrected chi connectivity index (χ1v) is 13.9. The lowest BCUT2D eigenvalue weighted by molar-refractivity contribution is -0.135. The summed E-state index contributed by atoms with van der Waals surface area (Å²) in [6, 6.07) is 17.3. The summed E-state index contributed by atoms with van der Waals surface area (Å²) < 4.78 is 1.49. The molecular formula is C30H27Cl2N5O4. The second kappa shape index (κ2) is 12.2. The molecule has 0 saturated heterocycles. The quantitative estimate of drug-likeness (QED) is 0.195. The number of Topliss-reactive ketones (excluding diaryl/α,β-unsaturated/α-hetero) is 2. The van der Waals surface area contributed by atoms with Crippen LogP contribution in [0.2, 0.25) is 10.2 Å². The van der Waals surface area contributed by atoms with Crippen molar-refractivity contribution in [3.8, 4) is 0 Å². The number of aromatic nitrogens is 3. The van der Waals surface area contributed by atoms with Gasteiger partial charge in [0.2, 0.25) is 11.8 Å². The Kier molecular flexibility index (Phi) is 8.46. The van der Waals surface area contributed by atoms with E-state index in [1.54, 1.807) is 48.5 Å². The van der Waals surface area contributed by atoms with Crippen LogP contribution < -0.4 is 5.32 Å². The third kappa shape index (κ3) is 7.17. The van der Waals surface area contributed by atoms with Crippen LogP contribution in [0.4, 0.5) is 5.82 Å². The molecule has 1 aliphatic rings. The van der Waals surface area contributed by atoms with Crippen molar-refractivity contribution in [1.82, 2.24) is 19.7 Å². The highest BCUT2D eigenvalue weighted by atomic mass is 35.5. The molecule has 1 N–H and O–H groups in total. The van der Waals surface area contributed by atoms with Gasteiger partial charge in [-0.05, 0) is 60.4 Å². The predicted molar refractivity (Wildman–Crippen MR) is 156 cm³/mol. The van der Waals surface area contributed by atoms with Gasteiger partial charge in [0.1, 0.15) is 35.5 Å². The lowest BCUT2D eigenvalue weighted by Crippen LogP contribution is -2.41. The van der Waals surface area contributed by atoms with E-state index in [9.17, 15) is 19.2 Å². The molecule has 4 aromatic rings. The Hall–Kier alpha value is -4.08. The largest absolute Gasteiger partial charge is 0.329 e. The van der Waals surface area contributed by atoms with Crippen molar-refractivity contribution in [3.05, 3.63) is 87.7 Å². The van der Waals surface area contributed by atoms with E-state index in [0.29, 0.717) is 21.7 Å². The number of halogens is 2. The van der Waals surface area contributed by atoms with Gasteiger partial charge in [0.25, 0.3) is 0 Å². The van der Waals surface area contributed by atoms with Crippen LogP contribution in [0.3, 0.4) is 0 Å². The van der Waals surface area contributed by atoms with Crippen LogP contribution in [0.25, 0.3) is 10.9 Å². The number of hydrogen-bond donors (Lipinski definition) is 1. The van der Waals surface area contributed by atoms with Crippen LogP contribution in [-0.2, 0) is 33.8 Å². The first-order valence-electron chi connectivity index (χ1n) is 13.1. The molecule has 2 heterocycles. The molecule has 2 aromatic heterocycles. The number of nitrogens with one attached hydrogen (secondary N) is 1. The predicted octanol–water partition coefficient (Wildman–Crippen LogP) is 4.92. The highest BCUT2D eigenvalue weighted by Crippen LogP contribution is 2.28. The number of hydrogen-bond acceptors (Lipinski definition) is 6. The fraction of sp³-hybridized carbons (Fsp3) is 0.267. The highest BCUT2D eigenvalue weighted by molar-refractivity contribution is 6.30. The standard InChI is InChI=1S/C30H27Cl2N5O4/c1-18(38)30-24-15-20(14-23(39)13-19-5-8-21(31)9-6-19)7-12-25(24)37(35-30)17-29(41)36(22-10-11-22)16-28(40)34-27-4-2-3-26(32)33-27/h2-9,12,15,22H,10-11,13-14,16-17H2,1H3,(H,33,34,40). The van der Waals surface area contributed by atoms with E-state index < -0.39 is 0 Å². The number of fused-ring (bicyclic) bond motifs is 1. The minimum absolute atomic E-state index is 0.0185. The third-order valence-electron chi connectivity index (χ3n) is 6.75. The van der Waals surface area contributed by atoms with Crippen molar-refractivity contribution >= 4 is 63.3 Å². The molecule has 1 fully saturated rings. The number of anilines is 1. The van der Waals surface area contributed by atoms with E-state index >= 15 is 0 Å². The number of pyridine rings is 1. The van der Waals surface area contributed by atoms with E-state index in [-0.39, 0.29) is 66.2 Å². The summed E-state index contributed by atoms with van der Waals surface area (Å²) in [6.07, 6.45) is 2.06. The van der Waals surface area contributed by atoms with Gasteiger partial charge < -0.3 is 10.2 Å². The first kappa shape index (κ1) is 28.4. The van der Waals surface area contributed by atoms with Gasteiger partial charge in [0.05, 0.1) is 5.52 Å². The Labute approximate surface area is 246 Å². The zero-order chi connectivity index (χ0) is 29.1. The maximum absolute atomic E-state index is 13.4. The molecule has 41 heavy (non-hydrogen) atoms. The van der Waals surface area contributed by atoms with Crippen molar-refractivity contribution in [1.29, 1.82) is 0 Å². The summed E-state index contributed by atoms with van der Waals surface area (Å²) in [5, 5.41) is 8.55. The monoisotopic (exact) mass is 591 g/mol. The average molecular weight is 592 g/mol. The van der Waals surface area contributed by atoms with Crippen LogP contribution in [0.5, 0.6) is 0 Å². The Bertz CT molecular complexity index is 1650. The number of carbonyl (C=O) groups excluding carboxylic acids is 4. The number of rotatable bonds is 11. The van der Waals surface area contributed by atoms with Gasteiger partial charge in [-0.15, -0.1) is 0 Å². The fourth-order valence-electron chi connectivity index (χ4n) is 4.68. The third-order valence-corrected chi connectivity index (χ3v) is 7.22. The number of carbonyl (C=O) groups is 4. The van der Waals surface area contributed by atoms with Crippen molar-refractivity contribution in [3.63, 3.8) is 0 Å². The van der Waals surface area contributed by atoms with Gasteiger partial charge in [0.15, 0.2) is 5.78 Å². The summed E-state index contributed by atoms with van der Waals surface area (Å²) in [4.78, 5) is 56.8. The number of nitrogens with zero attached hydrogens (tertiary/aromatic N) is 4. The summed E-state index contributed by atoms with van der Waals surface area (Å²) in [7, 11) is 0. The Morgan fingerprint density at radius 3 is 2.37 bits per heavy atom. The van der Waals surface area contributed by atoms with Crippen molar-refractivity contribution in [2.24, 2.45) is 0 Å². The van der Waals surface area contributed by atoms with E-state index in [4.69, 9.17) is 23.2 Å². The average Bonchev–Trinajstić information content (AvgIpc) is 3.70. The molecule has 0 atom stereocenters. The molecule has 0 unspecified atom stereocenters. The van der Waals surface area contributed by atoms with Gasteiger partial charge >= 0.3 is 0 Å². The lowest BCUT2D eigenvalue weighted by Gasteiger charge is -2.22. The molecule has 5 rings (SSSR count). The maximum atomic E-state index is 13.4. The normalized spacial score (nSPS) is 12.8. The second-order valence-electron chi connectivity index (χ2n) is 10.1. The minimum Gasteiger partial charge on any atom is -0.329 e. The van der Waals surface area contributed by atoms with E-state index in [1.165, 1.54) is 16.5 Å². The molecule has 0 spiro atoms. The number of ketones is 2. The van der Waals surface area contributed by atoms with Gasteiger partial charge in [-0.25, -0.2) is 4.98 Å². The van der Waals surface area contributed by atoms with E-state index in [0.717, 1.165) is 24.0 Å². The van der Waals surface area contributed by atoms with E-state index in [1.807, 2.05) is 12.1 Å². The van der Waals surface area contributed by atoms with E-state index in [2.05, 4.69) is 15.4 Å². The molecule has 9 nitrogen and oxygen atoms in total. The van der Waals surface area contributed by atoms with Gasteiger partial charge in [0, 0.05) is 36.2 Å². The Morgan fingerprint density at radius 1 is 0.976 bits per heavy atom. The Morgan fingerprint density at radius 2 is 1.68 bits per heavy atom. The molecule has 0 bridgehead atoms. The molecule has 11 heteroatoms. The molecule has 2 aromatic carbocycles. The molecule has 210 valence electrons. The topological polar surface area (TPSA) is 114 Å². The number of benzene rings is 2. The van der Waals surface area contributed by atoms with Crippen LogP contribution in [0.15, 0.2) is 60.7 Å². The molecular weight excluding hydrogens is 565 g/mol. The SMILES string of the molecule is CC(=O)c1nn(CC(=O)N(CC(=O)Nc2cccc(Cl)n2)C2CC2)c2ccc(CC(=O)Cc3ccc(Cl)cc3)cc12. The van der Waals surface area contributed by atoms with Crippen molar-refractivity contribution < 1.29 is 19.2 Å². The highest BCUT2D eigenvalue weighted by Gasteiger charge is 2.34. The summed E-state index contributed by atoms with van der Waals surface area (Å²) in [6.45, 7) is 1.13. The lowest BCUT2D eigenvalue weighted by atomic mass is 10.0. The fourth-order valence-corrected chi connectivity index (χ4v) is 4.97. The molecule has 0 aliphatic heterocycles. The van der Waals surface area contributed by atoms with Gasteiger partial charge in [-0.3, -0.25) is 23.9 Å². The van der Waals surface area contributed by atoms with Gasteiger partial charge in [-0.1, -0.05) is 47.5 Å². The molecule has 1 aliphatic carbocycles. The summed E-state index contributed by atoms with van der Waals surface area (Å²) in [5.74, 6) is -0.605. The Balaban J connectivity index is 1.30. The van der Waals surface area contributed by atoms with Crippen LogP contribution in [0.1, 0.15) is 41.4 Å². The van der Waals surface area contributed by atoms with Crippen LogP contribution >= 0.6 is 23.2 Å². The number of amides is 2. The molecule has 1 saturated carbocycles. The smallest absolute Gasteiger partial charge is 0.245 e. The molecule has 0 radical (unpaired) electrons. The van der Waals surface area contributed by atoms with Crippen LogP contribution in [-0.4, -0.2) is 55.6 Å². The maximum Gasteiger partial charge on any atom is 0.245 e. The zero-order valence-corrected chi connectivity index (χ0v) is 23.8. The van der Waals surface area contributed by atoms with Crippen molar-refractivity contribution in [2.45, 2.75) is 45.2 Å².